The topological polar surface area (TPSA) is 17.1 Å². The van der Waals surface area contributed by atoms with Gasteiger partial charge in [0, 0.05) is 6.42 Å². The summed E-state index contributed by atoms with van der Waals surface area (Å²) >= 11 is 0. The minimum atomic E-state index is 0.535. The Balaban J connectivity index is 3.88. The van der Waals surface area contributed by atoms with Crippen molar-refractivity contribution in [2.45, 2.75) is 33.1 Å². The first kappa shape index (κ1) is 11.0. The van der Waals surface area contributed by atoms with Crippen LogP contribution in [-0.4, -0.2) is 6.29 Å². The highest BCUT2D eigenvalue weighted by Crippen LogP contribution is 2.09. The van der Waals surface area contributed by atoms with Crippen molar-refractivity contribution in [1.82, 2.24) is 0 Å². The molecule has 0 N–H and O–H groups in total. The van der Waals surface area contributed by atoms with Crippen molar-refractivity contribution in [2.75, 3.05) is 0 Å². The van der Waals surface area contributed by atoms with Gasteiger partial charge in [0.1, 0.15) is 6.29 Å². The van der Waals surface area contributed by atoms with Crippen LogP contribution in [-0.2, 0) is 4.79 Å². The average molecular weight is 164 g/mol. The van der Waals surface area contributed by atoms with E-state index >= 15 is 0 Å². The van der Waals surface area contributed by atoms with Gasteiger partial charge in [-0.2, -0.15) is 0 Å². The minimum absolute atomic E-state index is 0.535. The average Bonchev–Trinajstić information content (AvgIpc) is 2.02. The number of terminal acetylenes is 1. The van der Waals surface area contributed by atoms with Gasteiger partial charge in [-0.05, 0) is 24.3 Å². The summed E-state index contributed by atoms with van der Waals surface area (Å²) in [5, 5.41) is 0. The minimum Gasteiger partial charge on any atom is -0.298 e. The lowest BCUT2D eigenvalue weighted by Gasteiger charge is -2.02. The zero-order chi connectivity index (χ0) is 9.40. The summed E-state index contributed by atoms with van der Waals surface area (Å²) in [6.07, 6.45) is 10.3. The Morgan fingerprint density at radius 1 is 1.58 bits per heavy atom. The monoisotopic (exact) mass is 164 g/mol. The normalized spacial score (nSPS) is 11.3. The fourth-order valence-corrected chi connectivity index (χ4v) is 0.992. The molecule has 1 heteroatoms. The fourth-order valence-electron chi connectivity index (χ4n) is 0.992. The van der Waals surface area contributed by atoms with Crippen LogP contribution < -0.4 is 0 Å². The van der Waals surface area contributed by atoms with Gasteiger partial charge >= 0.3 is 0 Å². The molecule has 0 aromatic heterocycles. The van der Waals surface area contributed by atoms with Gasteiger partial charge in [-0.25, -0.2) is 0 Å². The number of rotatable bonds is 5. The third-order valence-electron chi connectivity index (χ3n) is 1.49. The molecule has 0 aromatic rings. The standard InChI is InChI=1S/C11H16O/c1-4-5-6-7-11(9-12)8-10(2)3/h1,7,9-10H,5-6,8H2,2-3H3/b11-7-. The van der Waals surface area contributed by atoms with E-state index in [0.717, 1.165) is 31.1 Å². The van der Waals surface area contributed by atoms with Gasteiger partial charge < -0.3 is 0 Å². The molecule has 0 saturated carbocycles. The predicted molar refractivity (Wildman–Crippen MR) is 51.7 cm³/mol. The largest absolute Gasteiger partial charge is 0.298 e. The molecule has 0 unspecified atom stereocenters. The maximum atomic E-state index is 10.5. The third kappa shape index (κ3) is 5.73. The number of aldehydes is 1. The molecule has 0 bridgehead atoms. The summed E-state index contributed by atoms with van der Waals surface area (Å²) in [6, 6.07) is 0. The van der Waals surface area contributed by atoms with Crippen LogP contribution in [0.3, 0.4) is 0 Å². The number of unbranched alkanes of at least 4 members (excludes halogenated alkanes) is 1. The molecule has 0 aliphatic rings. The highest BCUT2D eigenvalue weighted by Gasteiger charge is 1.98. The van der Waals surface area contributed by atoms with Crippen molar-refractivity contribution < 1.29 is 4.79 Å². The van der Waals surface area contributed by atoms with Gasteiger partial charge in [0.25, 0.3) is 0 Å². The molecule has 0 radical (unpaired) electrons. The Kier molecular flexibility index (Phi) is 6.09. The zero-order valence-corrected chi connectivity index (χ0v) is 7.84. The molecule has 0 aliphatic heterocycles. The molecule has 0 saturated heterocycles. The summed E-state index contributed by atoms with van der Waals surface area (Å²) in [5.41, 5.74) is 0.875. The van der Waals surface area contributed by atoms with Crippen molar-refractivity contribution in [3.05, 3.63) is 11.6 Å². The summed E-state index contributed by atoms with van der Waals surface area (Å²) in [6.45, 7) is 4.19. The van der Waals surface area contributed by atoms with E-state index in [4.69, 9.17) is 6.42 Å². The van der Waals surface area contributed by atoms with Crippen LogP contribution in [0.2, 0.25) is 0 Å². The molecule has 12 heavy (non-hydrogen) atoms. The van der Waals surface area contributed by atoms with Crippen LogP contribution in [0, 0.1) is 18.3 Å². The van der Waals surface area contributed by atoms with Crippen molar-refractivity contribution in [1.29, 1.82) is 0 Å². The van der Waals surface area contributed by atoms with Crippen LogP contribution in [0.4, 0.5) is 0 Å². The van der Waals surface area contributed by atoms with Gasteiger partial charge in [-0.15, -0.1) is 12.3 Å². The van der Waals surface area contributed by atoms with E-state index in [1.807, 2.05) is 6.08 Å². The first-order chi connectivity index (χ1) is 5.70. The lowest BCUT2D eigenvalue weighted by molar-refractivity contribution is -0.105. The van der Waals surface area contributed by atoms with E-state index in [2.05, 4.69) is 19.8 Å². The molecule has 0 fully saturated rings. The SMILES string of the molecule is C#CCC/C=C(\C=O)CC(C)C. The highest BCUT2D eigenvalue weighted by atomic mass is 16.1. The Labute approximate surface area is 74.9 Å². The summed E-state index contributed by atoms with van der Waals surface area (Å²) < 4.78 is 0. The Morgan fingerprint density at radius 3 is 2.67 bits per heavy atom. The van der Waals surface area contributed by atoms with Crippen molar-refractivity contribution in [3.63, 3.8) is 0 Å². The Bertz CT molecular complexity index is 194. The second-order valence-corrected chi connectivity index (χ2v) is 3.24. The van der Waals surface area contributed by atoms with Crippen LogP contribution in [0.1, 0.15) is 33.1 Å². The molecular formula is C11H16O. The first-order valence-corrected chi connectivity index (χ1v) is 4.28. The second-order valence-electron chi connectivity index (χ2n) is 3.24. The zero-order valence-electron chi connectivity index (χ0n) is 7.84. The quantitative estimate of drug-likeness (QED) is 0.264. The molecule has 0 heterocycles. The number of carbonyl (C=O) groups is 1. The summed E-state index contributed by atoms with van der Waals surface area (Å²) in [7, 11) is 0. The van der Waals surface area contributed by atoms with Crippen molar-refractivity contribution >= 4 is 6.29 Å². The maximum absolute atomic E-state index is 10.5. The van der Waals surface area contributed by atoms with Gasteiger partial charge in [0.05, 0.1) is 0 Å². The van der Waals surface area contributed by atoms with Crippen molar-refractivity contribution in [2.24, 2.45) is 5.92 Å². The molecule has 0 amide bonds. The van der Waals surface area contributed by atoms with Crippen LogP contribution in [0.5, 0.6) is 0 Å². The molecular weight excluding hydrogens is 148 g/mol. The third-order valence-corrected chi connectivity index (χ3v) is 1.49. The van der Waals surface area contributed by atoms with E-state index < -0.39 is 0 Å². The molecule has 1 nitrogen and oxygen atoms in total. The molecule has 0 atom stereocenters. The second kappa shape index (κ2) is 6.67. The smallest absolute Gasteiger partial charge is 0.145 e. The van der Waals surface area contributed by atoms with Gasteiger partial charge in [-0.1, -0.05) is 19.9 Å². The van der Waals surface area contributed by atoms with Crippen molar-refractivity contribution in [3.8, 4) is 12.3 Å². The van der Waals surface area contributed by atoms with Crippen LogP contribution in [0.25, 0.3) is 0 Å². The van der Waals surface area contributed by atoms with Crippen LogP contribution >= 0.6 is 0 Å². The summed E-state index contributed by atoms with van der Waals surface area (Å²) in [4.78, 5) is 10.5. The van der Waals surface area contributed by atoms with Gasteiger partial charge in [0.2, 0.25) is 0 Å². The lowest BCUT2D eigenvalue weighted by Crippen LogP contribution is -1.92. The maximum Gasteiger partial charge on any atom is 0.145 e. The molecule has 66 valence electrons. The number of hydrogen-bond acceptors (Lipinski definition) is 1. The van der Waals surface area contributed by atoms with Gasteiger partial charge in [0.15, 0.2) is 0 Å². The fraction of sp³-hybridized carbons (Fsp3) is 0.545. The Morgan fingerprint density at radius 2 is 2.25 bits per heavy atom. The van der Waals surface area contributed by atoms with E-state index in [1.54, 1.807) is 0 Å². The van der Waals surface area contributed by atoms with E-state index in [1.165, 1.54) is 0 Å². The highest BCUT2D eigenvalue weighted by molar-refractivity contribution is 5.72. The number of allylic oxidation sites excluding steroid dienone is 2. The molecule has 0 aliphatic carbocycles. The number of hydrogen-bond donors (Lipinski definition) is 0. The summed E-state index contributed by atoms with van der Waals surface area (Å²) in [5.74, 6) is 3.07. The predicted octanol–water partition coefficient (Wildman–Crippen LogP) is 2.57. The molecule has 0 spiro atoms. The molecule has 0 rings (SSSR count). The molecule has 0 aromatic carbocycles. The van der Waals surface area contributed by atoms with E-state index in [9.17, 15) is 4.79 Å². The van der Waals surface area contributed by atoms with E-state index in [-0.39, 0.29) is 0 Å². The lowest BCUT2D eigenvalue weighted by atomic mass is 10.0. The number of carbonyl (C=O) groups excluding carboxylic acids is 1. The van der Waals surface area contributed by atoms with Gasteiger partial charge in [-0.3, -0.25) is 4.79 Å². The first-order valence-electron chi connectivity index (χ1n) is 4.28. The Hall–Kier alpha value is -1.03. The van der Waals surface area contributed by atoms with E-state index in [0.29, 0.717) is 5.92 Å². The van der Waals surface area contributed by atoms with Crippen LogP contribution in [0.15, 0.2) is 11.6 Å².